The Kier molecular flexibility index (Phi) is 9.25. The van der Waals surface area contributed by atoms with Crippen molar-refractivity contribution in [3.8, 4) is 0 Å². The molecule has 0 radical (unpaired) electrons. The topological polar surface area (TPSA) is 46.9 Å². The second-order valence-corrected chi connectivity index (χ2v) is 7.29. The third kappa shape index (κ3) is 7.60. The molecule has 0 bridgehead atoms. The number of hydrogen-bond acceptors (Lipinski definition) is 4. The number of nitrogens with zero attached hydrogens (tertiary/aromatic N) is 2. The lowest BCUT2D eigenvalue weighted by atomic mass is 10.1. The van der Waals surface area contributed by atoms with Crippen LogP contribution in [0.1, 0.15) is 11.1 Å². The first kappa shape index (κ1) is 21.9. The van der Waals surface area contributed by atoms with Gasteiger partial charge in [-0.05, 0) is 24.0 Å². The van der Waals surface area contributed by atoms with Crippen molar-refractivity contribution in [1.82, 2.24) is 9.80 Å². The Balaban J connectivity index is 0.00000261. The molecule has 27 heavy (non-hydrogen) atoms. The molecule has 1 saturated heterocycles. The molecule has 148 valence electrons. The van der Waals surface area contributed by atoms with Gasteiger partial charge in [-0.2, -0.15) is 0 Å². The predicted octanol–water partition coefficient (Wildman–Crippen LogP) is 2.23. The van der Waals surface area contributed by atoms with Gasteiger partial charge in [0.05, 0.1) is 12.2 Å². The fourth-order valence-electron chi connectivity index (χ4n) is 3.65. The van der Waals surface area contributed by atoms with Crippen molar-refractivity contribution in [2.24, 2.45) is 0 Å². The number of aliphatic hydroxyl groups excluding tert-OH is 2. The van der Waals surface area contributed by atoms with Crippen LogP contribution >= 0.6 is 12.4 Å². The summed E-state index contributed by atoms with van der Waals surface area (Å²) in [5.41, 5.74) is 2.37. The SMILES string of the molecule is Cl.OC(Cc1ccccc1)CN1CCN(CC(O)Cc2ccccc2)CC1. The Morgan fingerprint density at radius 3 is 1.30 bits per heavy atom. The highest BCUT2D eigenvalue weighted by Crippen LogP contribution is 2.09. The van der Waals surface area contributed by atoms with Gasteiger partial charge >= 0.3 is 0 Å². The molecule has 0 aromatic heterocycles. The van der Waals surface area contributed by atoms with Crippen molar-refractivity contribution in [1.29, 1.82) is 0 Å². The van der Waals surface area contributed by atoms with Crippen LogP contribution in [0.25, 0.3) is 0 Å². The summed E-state index contributed by atoms with van der Waals surface area (Å²) in [4.78, 5) is 4.65. The fraction of sp³-hybridized carbons (Fsp3) is 0.455. The zero-order valence-corrected chi connectivity index (χ0v) is 16.6. The van der Waals surface area contributed by atoms with E-state index in [2.05, 4.69) is 34.1 Å². The highest BCUT2D eigenvalue weighted by atomic mass is 35.5. The van der Waals surface area contributed by atoms with E-state index in [-0.39, 0.29) is 24.6 Å². The third-order valence-electron chi connectivity index (χ3n) is 5.03. The Labute approximate surface area is 168 Å². The maximum absolute atomic E-state index is 10.3. The molecule has 4 nitrogen and oxygen atoms in total. The van der Waals surface area contributed by atoms with E-state index in [0.29, 0.717) is 12.8 Å². The minimum Gasteiger partial charge on any atom is -0.391 e. The van der Waals surface area contributed by atoms with Crippen molar-refractivity contribution in [3.63, 3.8) is 0 Å². The molecule has 1 fully saturated rings. The van der Waals surface area contributed by atoms with E-state index in [1.54, 1.807) is 0 Å². The largest absolute Gasteiger partial charge is 0.391 e. The first-order chi connectivity index (χ1) is 12.7. The molecule has 2 N–H and O–H groups in total. The summed E-state index contributed by atoms with van der Waals surface area (Å²) in [6.45, 7) is 5.23. The molecule has 3 rings (SSSR count). The van der Waals surface area contributed by atoms with Gasteiger partial charge in [0.15, 0.2) is 0 Å². The molecular weight excluding hydrogens is 360 g/mol. The standard InChI is InChI=1S/C22H30N2O2.ClH/c25-21(15-19-7-3-1-4-8-19)17-23-11-13-24(14-12-23)18-22(26)16-20-9-5-2-6-10-20;/h1-10,21-22,25-26H,11-18H2;1H. The molecule has 0 spiro atoms. The van der Waals surface area contributed by atoms with E-state index in [1.807, 2.05) is 36.4 Å². The van der Waals surface area contributed by atoms with Crippen LogP contribution in [0.3, 0.4) is 0 Å². The zero-order chi connectivity index (χ0) is 18.2. The van der Waals surface area contributed by atoms with Crippen molar-refractivity contribution in [2.45, 2.75) is 25.0 Å². The minimum atomic E-state index is -0.326. The monoisotopic (exact) mass is 390 g/mol. The van der Waals surface area contributed by atoms with Gasteiger partial charge in [0.2, 0.25) is 0 Å². The van der Waals surface area contributed by atoms with Gasteiger partial charge < -0.3 is 10.2 Å². The summed E-state index contributed by atoms with van der Waals surface area (Å²) in [6, 6.07) is 20.3. The Morgan fingerprint density at radius 2 is 0.963 bits per heavy atom. The maximum atomic E-state index is 10.3. The normalized spacial score (nSPS) is 17.9. The van der Waals surface area contributed by atoms with Crippen molar-refractivity contribution >= 4 is 12.4 Å². The summed E-state index contributed by atoms with van der Waals surface area (Å²) < 4.78 is 0. The van der Waals surface area contributed by atoms with E-state index in [0.717, 1.165) is 39.3 Å². The Hall–Kier alpha value is -1.43. The van der Waals surface area contributed by atoms with Crippen LogP contribution in [0.4, 0.5) is 0 Å². The lowest BCUT2D eigenvalue weighted by Crippen LogP contribution is -2.50. The van der Waals surface area contributed by atoms with E-state index in [1.165, 1.54) is 11.1 Å². The van der Waals surface area contributed by atoms with Crippen LogP contribution in [-0.4, -0.2) is 71.5 Å². The summed E-state index contributed by atoms with van der Waals surface area (Å²) in [5, 5.41) is 20.7. The molecule has 2 aromatic rings. The summed E-state index contributed by atoms with van der Waals surface area (Å²) >= 11 is 0. The quantitative estimate of drug-likeness (QED) is 0.725. The van der Waals surface area contributed by atoms with Gasteiger partial charge in [0.25, 0.3) is 0 Å². The van der Waals surface area contributed by atoms with Crippen LogP contribution in [0.2, 0.25) is 0 Å². The van der Waals surface area contributed by atoms with Gasteiger partial charge in [-0.1, -0.05) is 60.7 Å². The van der Waals surface area contributed by atoms with Crippen molar-refractivity contribution in [2.75, 3.05) is 39.3 Å². The number of benzene rings is 2. The third-order valence-corrected chi connectivity index (χ3v) is 5.03. The van der Waals surface area contributed by atoms with Crippen LogP contribution in [-0.2, 0) is 12.8 Å². The van der Waals surface area contributed by atoms with Crippen LogP contribution in [0.15, 0.2) is 60.7 Å². The zero-order valence-electron chi connectivity index (χ0n) is 15.8. The average Bonchev–Trinajstić information content (AvgIpc) is 2.65. The highest BCUT2D eigenvalue weighted by molar-refractivity contribution is 5.85. The molecule has 2 aromatic carbocycles. The van der Waals surface area contributed by atoms with Gasteiger partial charge in [-0.25, -0.2) is 0 Å². The van der Waals surface area contributed by atoms with E-state index in [9.17, 15) is 10.2 Å². The van der Waals surface area contributed by atoms with Crippen LogP contribution in [0, 0.1) is 0 Å². The molecule has 0 saturated carbocycles. The first-order valence-electron chi connectivity index (χ1n) is 9.58. The molecule has 2 unspecified atom stereocenters. The van der Waals surface area contributed by atoms with E-state index < -0.39 is 0 Å². The Morgan fingerprint density at radius 1 is 0.630 bits per heavy atom. The summed E-state index contributed by atoms with van der Waals surface area (Å²) in [5.74, 6) is 0. The molecule has 0 amide bonds. The second-order valence-electron chi connectivity index (χ2n) is 7.29. The summed E-state index contributed by atoms with van der Waals surface area (Å²) in [6.07, 6.45) is 0.758. The number of hydrogen-bond donors (Lipinski definition) is 2. The molecular formula is C22H31ClN2O2. The molecule has 5 heteroatoms. The average molecular weight is 391 g/mol. The highest BCUT2D eigenvalue weighted by Gasteiger charge is 2.21. The van der Waals surface area contributed by atoms with Crippen LogP contribution < -0.4 is 0 Å². The van der Waals surface area contributed by atoms with Gasteiger partial charge in [-0.3, -0.25) is 9.80 Å². The van der Waals surface area contributed by atoms with E-state index >= 15 is 0 Å². The van der Waals surface area contributed by atoms with Gasteiger partial charge in [0.1, 0.15) is 0 Å². The molecule has 2 atom stereocenters. The minimum absolute atomic E-state index is 0. The first-order valence-corrected chi connectivity index (χ1v) is 9.58. The molecule has 1 heterocycles. The smallest absolute Gasteiger partial charge is 0.0707 e. The number of halogens is 1. The van der Waals surface area contributed by atoms with E-state index in [4.69, 9.17) is 0 Å². The number of piperazine rings is 1. The molecule has 0 aliphatic carbocycles. The summed E-state index contributed by atoms with van der Waals surface area (Å²) in [7, 11) is 0. The van der Waals surface area contributed by atoms with Gasteiger partial charge in [0, 0.05) is 39.3 Å². The number of rotatable bonds is 8. The second kappa shape index (κ2) is 11.4. The number of aliphatic hydroxyl groups is 2. The lowest BCUT2D eigenvalue weighted by Gasteiger charge is -2.36. The Bertz CT molecular complexity index is 576. The molecule has 1 aliphatic rings. The van der Waals surface area contributed by atoms with Gasteiger partial charge in [-0.15, -0.1) is 12.4 Å². The van der Waals surface area contributed by atoms with Crippen molar-refractivity contribution in [3.05, 3.63) is 71.8 Å². The maximum Gasteiger partial charge on any atom is 0.0707 e. The fourth-order valence-corrected chi connectivity index (χ4v) is 3.65. The van der Waals surface area contributed by atoms with Crippen molar-refractivity contribution < 1.29 is 10.2 Å². The molecule has 1 aliphatic heterocycles. The van der Waals surface area contributed by atoms with Crippen LogP contribution in [0.5, 0.6) is 0 Å². The predicted molar refractivity (Wildman–Crippen MR) is 112 cm³/mol. The number of β-amino-alcohol motifs (C(OH)–C–C–N with tert-alkyl or cyclic N) is 2. The lowest BCUT2D eigenvalue weighted by molar-refractivity contribution is 0.0490.